The maximum atomic E-state index is 12.1. The zero-order chi connectivity index (χ0) is 19.6. The first-order chi connectivity index (χ1) is 13.7. The Bertz CT molecular complexity index is 748. The number of aromatic nitrogens is 1. The molecule has 28 heavy (non-hydrogen) atoms. The molecule has 150 valence electrons. The molecule has 0 spiro atoms. The van der Waals surface area contributed by atoms with Crippen molar-refractivity contribution in [2.45, 2.75) is 19.2 Å². The number of pyridine rings is 1. The van der Waals surface area contributed by atoms with Crippen LogP contribution in [0.3, 0.4) is 0 Å². The third-order valence-corrected chi connectivity index (χ3v) is 5.57. The van der Waals surface area contributed by atoms with Crippen LogP contribution in [0, 0.1) is 6.92 Å². The molecule has 2 N–H and O–H groups in total. The van der Waals surface area contributed by atoms with E-state index in [1.165, 1.54) is 11.1 Å². The lowest BCUT2D eigenvalue weighted by atomic mass is 10.2. The predicted octanol–water partition coefficient (Wildman–Crippen LogP) is 2.96. The van der Waals surface area contributed by atoms with E-state index in [4.69, 9.17) is 4.74 Å². The highest BCUT2D eigenvalue weighted by Crippen LogP contribution is 2.18. The van der Waals surface area contributed by atoms with Gasteiger partial charge in [0.15, 0.2) is 0 Å². The number of rotatable bonds is 8. The van der Waals surface area contributed by atoms with Gasteiger partial charge >= 0.3 is 6.03 Å². The van der Waals surface area contributed by atoms with E-state index in [0.29, 0.717) is 26.3 Å². The third kappa shape index (κ3) is 6.42. The fraction of sp³-hybridized carbons (Fsp3) is 0.429. The molecule has 2 heterocycles. The first-order valence-corrected chi connectivity index (χ1v) is 10.8. The highest BCUT2D eigenvalue weighted by atomic mass is 32.2. The van der Waals surface area contributed by atoms with Crippen LogP contribution in [-0.2, 0) is 17.0 Å². The Hall–Kier alpha value is -2.25. The second-order valence-corrected chi connectivity index (χ2v) is 7.84. The highest BCUT2D eigenvalue weighted by molar-refractivity contribution is 7.98. The summed E-state index contributed by atoms with van der Waals surface area (Å²) in [6, 6.07) is 12.3. The standard InChI is InChI=1S/C21H28N4O2S/c1-17-4-6-18(7-5-17)16-28-14-9-23-21(26)24-15-19-3-2-8-22-20(19)25-10-12-27-13-11-25/h2-8H,9-16H2,1H3,(H2,23,24,26). The van der Waals surface area contributed by atoms with Crippen LogP contribution in [0.1, 0.15) is 16.7 Å². The summed E-state index contributed by atoms with van der Waals surface area (Å²) in [6.45, 7) is 6.28. The lowest BCUT2D eigenvalue weighted by molar-refractivity contribution is 0.122. The van der Waals surface area contributed by atoms with Crippen LogP contribution in [0.4, 0.5) is 10.6 Å². The lowest BCUT2D eigenvalue weighted by Gasteiger charge is -2.29. The molecule has 0 saturated carbocycles. The summed E-state index contributed by atoms with van der Waals surface area (Å²) in [7, 11) is 0. The van der Waals surface area contributed by atoms with Gasteiger partial charge in [0.1, 0.15) is 5.82 Å². The van der Waals surface area contributed by atoms with Gasteiger partial charge in [-0.15, -0.1) is 0 Å². The Balaban J connectivity index is 1.36. The van der Waals surface area contributed by atoms with Crippen molar-refractivity contribution in [1.82, 2.24) is 15.6 Å². The number of hydrogen-bond donors (Lipinski definition) is 2. The van der Waals surface area contributed by atoms with Crippen molar-refractivity contribution in [3.8, 4) is 0 Å². The number of urea groups is 1. The zero-order valence-corrected chi connectivity index (χ0v) is 17.1. The Morgan fingerprint density at radius 2 is 1.96 bits per heavy atom. The first-order valence-electron chi connectivity index (χ1n) is 9.64. The summed E-state index contributed by atoms with van der Waals surface area (Å²) < 4.78 is 5.41. The van der Waals surface area contributed by atoms with Crippen LogP contribution in [0.25, 0.3) is 0 Å². The van der Waals surface area contributed by atoms with Gasteiger partial charge in [-0.1, -0.05) is 35.9 Å². The summed E-state index contributed by atoms with van der Waals surface area (Å²) in [6.07, 6.45) is 1.79. The van der Waals surface area contributed by atoms with Gasteiger partial charge < -0.3 is 20.3 Å². The van der Waals surface area contributed by atoms with Crippen molar-refractivity contribution in [2.24, 2.45) is 0 Å². The van der Waals surface area contributed by atoms with Gasteiger partial charge in [-0.25, -0.2) is 9.78 Å². The average Bonchev–Trinajstić information content (AvgIpc) is 2.74. The maximum absolute atomic E-state index is 12.1. The SMILES string of the molecule is Cc1ccc(CSCCNC(=O)NCc2cccnc2N2CCOCC2)cc1. The minimum Gasteiger partial charge on any atom is -0.378 e. The minimum atomic E-state index is -0.146. The molecular weight excluding hydrogens is 372 g/mol. The number of nitrogens with one attached hydrogen (secondary N) is 2. The molecule has 6 nitrogen and oxygen atoms in total. The summed E-state index contributed by atoms with van der Waals surface area (Å²) in [5, 5.41) is 5.86. The molecular formula is C21H28N4O2S. The lowest BCUT2D eigenvalue weighted by Crippen LogP contribution is -2.39. The van der Waals surface area contributed by atoms with Crippen molar-refractivity contribution >= 4 is 23.6 Å². The summed E-state index contributed by atoms with van der Waals surface area (Å²) in [4.78, 5) is 18.8. The minimum absolute atomic E-state index is 0.146. The molecule has 0 aliphatic carbocycles. The van der Waals surface area contributed by atoms with Gasteiger partial charge in [-0.2, -0.15) is 11.8 Å². The molecule has 1 aromatic heterocycles. The Labute approximate surface area is 171 Å². The molecule has 0 bridgehead atoms. The number of thioether (sulfide) groups is 1. The van der Waals surface area contributed by atoms with Crippen molar-refractivity contribution < 1.29 is 9.53 Å². The van der Waals surface area contributed by atoms with E-state index in [-0.39, 0.29) is 6.03 Å². The summed E-state index contributed by atoms with van der Waals surface area (Å²) in [5.74, 6) is 2.77. The van der Waals surface area contributed by atoms with Crippen molar-refractivity contribution in [3.63, 3.8) is 0 Å². The van der Waals surface area contributed by atoms with Crippen LogP contribution in [-0.4, -0.2) is 49.6 Å². The number of nitrogens with zero attached hydrogens (tertiary/aromatic N) is 2. The fourth-order valence-electron chi connectivity index (χ4n) is 2.98. The van der Waals surface area contributed by atoms with Gasteiger partial charge in [0, 0.05) is 49.4 Å². The topological polar surface area (TPSA) is 66.5 Å². The molecule has 0 atom stereocenters. The molecule has 1 aromatic carbocycles. The predicted molar refractivity (Wildman–Crippen MR) is 115 cm³/mol. The number of anilines is 1. The van der Waals surface area contributed by atoms with Crippen molar-refractivity contribution in [1.29, 1.82) is 0 Å². The van der Waals surface area contributed by atoms with Crippen LogP contribution in [0.2, 0.25) is 0 Å². The van der Waals surface area contributed by atoms with Crippen molar-refractivity contribution in [2.75, 3.05) is 43.5 Å². The van der Waals surface area contributed by atoms with Gasteiger partial charge in [0.25, 0.3) is 0 Å². The molecule has 0 unspecified atom stereocenters. The second kappa shape index (κ2) is 10.9. The Morgan fingerprint density at radius 1 is 1.18 bits per heavy atom. The largest absolute Gasteiger partial charge is 0.378 e. The number of carbonyl (C=O) groups is 1. The van der Waals surface area contributed by atoms with E-state index in [1.54, 1.807) is 6.20 Å². The number of hydrogen-bond acceptors (Lipinski definition) is 5. The number of benzene rings is 1. The molecule has 1 aliphatic heterocycles. The van der Waals surface area contributed by atoms with Gasteiger partial charge in [-0.05, 0) is 18.6 Å². The number of carbonyl (C=O) groups excluding carboxylic acids is 1. The van der Waals surface area contributed by atoms with Crippen LogP contribution < -0.4 is 15.5 Å². The molecule has 1 aliphatic rings. The smallest absolute Gasteiger partial charge is 0.315 e. The molecule has 2 aromatic rings. The third-order valence-electron chi connectivity index (χ3n) is 4.54. The summed E-state index contributed by atoms with van der Waals surface area (Å²) in [5.41, 5.74) is 3.61. The van der Waals surface area contributed by atoms with E-state index in [0.717, 1.165) is 36.0 Å². The maximum Gasteiger partial charge on any atom is 0.315 e. The van der Waals surface area contributed by atoms with Gasteiger partial charge in [0.05, 0.1) is 13.2 Å². The number of ether oxygens (including phenoxy) is 1. The molecule has 2 amide bonds. The van der Waals surface area contributed by atoms with Crippen LogP contribution >= 0.6 is 11.8 Å². The molecule has 1 saturated heterocycles. The van der Waals surface area contributed by atoms with Crippen molar-refractivity contribution in [3.05, 3.63) is 59.3 Å². The van der Waals surface area contributed by atoms with E-state index < -0.39 is 0 Å². The highest BCUT2D eigenvalue weighted by Gasteiger charge is 2.16. The number of morpholine rings is 1. The van der Waals surface area contributed by atoms with E-state index >= 15 is 0 Å². The Morgan fingerprint density at radius 3 is 2.75 bits per heavy atom. The van der Waals surface area contributed by atoms with Gasteiger partial charge in [0.2, 0.25) is 0 Å². The fourth-order valence-corrected chi connectivity index (χ4v) is 3.80. The summed E-state index contributed by atoms with van der Waals surface area (Å²) >= 11 is 1.82. The first kappa shape index (κ1) is 20.5. The Kier molecular flexibility index (Phi) is 7.99. The average molecular weight is 401 g/mol. The molecule has 3 rings (SSSR count). The van der Waals surface area contributed by atoms with Crippen LogP contribution in [0.5, 0.6) is 0 Å². The molecule has 7 heteroatoms. The van der Waals surface area contributed by atoms with E-state index in [2.05, 4.69) is 51.7 Å². The monoisotopic (exact) mass is 400 g/mol. The number of amides is 2. The van der Waals surface area contributed by atoms with Crippen LogP contribution in [0.15, 0.2) is 42.6 Å². The second-order valence-electron chi connectivity index (χ2n) is 6.73. The zero-order valence-electron chi connectivity index (χ0n) is 16.3. The van der Waals surface area contributed by atoms with E-state index in [1.807, 2.05) is 23.9 Å². The van der Waals surface area contributed by atoms with Gasteiger partial charge in [-0.3, -0.25) is 0 Å². The normalized spacial score (nSPS) is 14.0. The molecule has 0 radical (unpaired) electrons. The number of aryl methyl sites for hydroxylation is 1. The van der Waals surface area contributed by atoms with E-state index in [9.17, 15) is 4.79 Å². The molecule has 1 fully saturated rings. The quantitative estimate of drug-likeness (QED) is 0.667.